The Morgan fingerprint density at radius 3 is 2.44 bits per heavy atom. The number of esters is 1. The van der Waals surface area contributed by atoms with Crippen LogP contribution in [-0.4, -0.2) is 17.2 Å². The minimum absolute atomic E-state index is 0.609. The van der Waals surface area contributed by atoms with Gasteiger partial charge in [-0.25, -0.2) is 0 Å². The van der Waals surface area contributed by atoms with Gasteiger partial charge in [0.2, 0.25) is 0 Å². The molecule has 0 aromatic rings. The normalized spacial score (nSPS) is 16.3. The number of nitrogens with two attached hydrogens (primary N) is 1. The standard InChI is InChI=1S/C3H8NO4P/c1-3(5)8-2-9(4,6)7/h2H2,1H3,(H3,4,6,7). The van der Waals surface area contributed by atoms with Gasteiger partial charge in [-0.3, -0.25) is 14.9 Å². The lowest BCUT2D eigenvalue weighted by Gasteiger charge is -2.02. The third kappa shape index (κ3) is 7.62. The number of hydrogen-bond acceptors (Lipinski definition) is 3. The Hall–Kier alpha value is -0.380. The molecule has 6 heteroatoms. The molecule has 0 saturated heterocycles. The maximum absolute atomic E-state index is 10.2. The van der Waals surface area contributed by atoms with E-state index in [1.165, 1.54) is 0 Å². The number of hydrogen-bond donors (Lipinski definition) is 2. The molecule has 0 fully saturated rings. The quantitative estimate of drug-likeness (QED) is 0.418. The van der Waals surface area contributed by atoms with Crippen LogP contribution < -0.4 is 5.50 Å². The van der Waals surface area contributed by atoms with E-state index in [0.717, 1.165) is 6.92 Å². The van der Waals surface area contributed by atoms with Gasteiger partial charge in [-0.15, -0.1) is 0 Å². The highest BCUT2D eigenvalue weighted by atomic mass is 31.2. The average Bonchev–Trinajstić information content (AvgIpc) is 1.59. The maximum atomic E-state index is 10.2. The van der Waals surface area contributed by atoms with Crippen molar-refractivity contribution in [3.8, 4) is 0 Å². The summed E-state index contributed by atoms with van der Waals surface area (Å²) in [7, 11) is -3.66. The molecule has 5 nitrogen and oxygen atoms in total. The molecule has 0 aromatic carbocycles. The van der Waals surface area contributed by atoms with Crippen LogP contribution in [0.5, 0.6) is 0 Å². The summed E-state index contributed by atoms with van der Waals surface area (Å²) in [5, 5.41) is 0. The predicted molar refractivity (Wildman–Crippen MR) is 30.6 cm³/mol. The number of carbonyl (C=O) groups is 1. The Balaban J connectivity index is 3.53. The fourth-order valence-corrected chi connectivity index (χ4v) is 0.550. The third-order valence-electron chi connectivity index (χ3n) is 0.453. The fraction of sp³-hybridized carbons (Fsp3) is 0.667. The molecular weight excluding hydrogens is 145 g/mol. The van der Waals surface area contributed by atoms with Crippen LogP contribution in [0.3, 0.4) is 0 Å². The SMILES string of the molecule is CC(=O)OCP(N)(=O)O. The van der Waals surface area contributed by atoms with E-state index in [1.807, 2.05) is 0 Å². The van der Waals surface area contributed by atoms with Crippen molar-refractivity contribution in [2.75, 3.05) is 6.35 Å². The van der Waals surface area contributed by atoms with Gasteiger partial charge in [0.15, 0.2) is 6.35 Å². The summed E-state index contributed by atoms with van der Waals surface area (Å²) in [4.78, 5) is 18.3. The molecule has 0 aliphatic rings. The minimum Gasteiger partial charge on any atom is -0.454 e. The van der Waals surface area contributed by atoms with Crippen LogP contribution in [-0.2, 0) is 14.1 Å². The summed E-state index contributed by atoms with van der Waals surface area (Å²) in [6, 6.07) is 0. The van der Waals surface area contributed by atoms with Crippen LogP contribution >= 0.6 is 7.52 Å². The zero-order valence-electron chi connectivity index (χ0n) is 4.90. The van der Waals surface area contributed by atoms with Crippen molar-refractivity contribution in [3.05, 3.63) is 0 Å². The largest absolute Gasteiger partial charge is 0.454 e. The zero-order chi connectivity index (χ0) is 7.49. The third-order valence-corrected chi connectivity index (χ3v) is 0.952. The second-order valence-electron chi connectivity index (χ2n) is 1.52. The molecule has 0 bridgehead atoms. The highest BCUT2D eigenvalue weighted by Gasteiger charge is 2.11. The van der Waals surface area contributed by atoms with Gasteiger partial charge >= 0.3 is 13.5 Å². The molecule has 0 amide bonds. The molecule has 54 valence electrons. The van der Waals surface area contributed by atoms with Crippen molar-refractivity contribution < 1.29 is 19.0 Å². The first kappa shape index (κ1) is 8.62. The van der Waals surface area contributed by atoms with Gasteiger partial charge in [-0.1, -0.05) is 0 Å². The Bertz CT molecular complexity index is 150. The van der Waals surface area contributed by atoms with E-state index >= 15 is 0 Å². The van der Waals surface area contributed by atoms with E-state index in [4.69, 9.17) is 4.89 Å². The topological polar surface area (TPSA) is 89.6 Å². The van der Waals surface area contributed by atoms with E-state index in [-0.39, 0.29) is 0 Å². The van der Waals surface area contributed by atoms with E-state index in [0.29, 0.717) is 0 Å². The van der Waals surface area contributed by atoms with Crippen molar-refractivity contribution in [2.24, 2.45) is 5.50 Å². The predicted octanol–water partition coefficient (Wildman–Crippen LogP) is -0.349. The molecule has 0 aliphatic heterocycles. The molecular formula is C3H8NO4P. The van der Waals surface area contributed by atoms with Crippen molar-refractivity contribution in [1.82, 2.24) is 0 Å². The minimum atomic E-state index is -3.66. The zero-order valence-corrected chi connectivity index (χ0v) is 5.80. The van der Waals surface area contributed by atoms with Crippen molar-refractivity contribution in [1.29, 1.82) is 0 Å². The van der Waals surface area contributed by atoms with Gasteiger partial charge < -0.3 is 9.63 Å². The molecule has 0 saturated carbocycles. The highest BCUT2D eigenvalue weighted by Crippen LogP contribution is 2.28. The summed E-state index contributed by atoms with van der Waals surface area (Å²) >= 11 is 0. The van der Waals surface area contributed by atoms with E-state index in [2.05, 4.69) is 10.2 Å². The summed E-state index contributed by atoms with van der Waals surface area (Å²) in [5.41, 5.74) is 4.62. The summed E-state index contributed by atoms with van der Waals surface area (Å²) in [6.45, 7) is 1.13. The molecule has 1 atom stereocenters. The van der Waals surface area contributed by atoms with Crippen LogP contribution in [0.2, 0.25) is 0 Å². The second-order valence-corrected chi connectivity index (χ2v) is 3.29. The van der Waals surface area contributed by atoms with Crippen LogP contribution in [0.4, 0.5) is 0 Å². The van der Waals surface area contributed by atoms with Gasteiger partial charge in [0.05, 0.1) is 0 Å². The second kappa shape index (κ2) is 2.96. The summed E-state index contributed by atoms with van der Waals surface area (Å²) in [6.07, 6.45) is -0.609. The summed E-state index contributed by atoms with van der Waals surface area (Å²) in [5.74, 6) is -0.616. The van der Waals surface area contributed by atoms with Crippen molar-refractivity contribution >= 4 is 13.5 Å². The molecule has 0 aliphatic carbocycles. The van der Waals surface area contributed by atoms with Crippen molar-refractivity contribution in [3.63, 3.8) is 0 Å². The van der Waals surface area contributed by atoms with E-state index < -0.39 is 19.8 Å². The maximum Gasteiger partial charge on any atom is 0.303 e. The highest BCUT2D eigenvalue weighted by molar-refractivity contribution is 7.55. The van der Waals surface area contributed by atoms with Crippen LogP contribution in [0.1, 0.15) is 6.92 Å². The fourth-order valence-electron chi connectivity index (χ4n) is 0.183. The Morgan fingerprint density at radius 1 is 1.89 bits per heavy atom. The first-order valence-electron chi connectivity index (χ1n) is 2.15. The van der Waals surface area contributed by atoms with Gasteiger partial charge in [0.25, 0.3) is 0 Å². The van der Waals surface area contributed by atoms with Crippen LogP contribution in [0, 0.1) is 0 Å². The molecule has 0 spiro atoms. The van der Waals surface area contributed by atoms with Gasteiger partial charge in [-0.05, 0) is 0 Å². The molecule has 0 radical (unpaired) electrons. The number of rotatable bonds is 2. The van der Waals surface area contributed by atoms with Crippen molar-refractivity contribution in [2.45, 2.75) is 6.92 Å². The molecule has 3 N–H and O–H groups in total. The Kier molecular flexibility index (Phi) is 2.84. The molecule has 0 aromatic heterocycles. The number of carbonyl (C=O) groups excluding carboxylic acids is 1. The van der Waals surface area contributed by atoms with Crippen LogP contribution in [0.15, 0.2) is 0 Å². The van der Waals surface area contributed by atoms with Crippen LogP contribution in [0.25, 0.3) is 0 Å². The molecule has 0 heterocycles. The molecule has 1 unspecified atom stereocenters. The van der Waals surface area contributed by atoms with Gasteiger partial charge in [-0.2, -0.15) is 0 Å². The number of ether oxygens (including phenoxy) is 1. The Morgan fingerprint density at radius 2 is 2.33 bits per heavy atom. The van der Waals surface area contributed by atoms with Gasteiger partial charge in [0, 0.05) is 6.92 Å². The smallest absolute Gasteiger partial charge is 0.303 e. The van der Waals surface area contributed by atoms with E-state index in [9.17, 15) is 9.36 Å². The first-order valence-corrected chi connectivity index (χ1v) is 4.07. The lowest BCUT2D eigenvalue weighted by molar-refractivity contribution is -0.139. The molecule has 9 heavy (non-hydrogen) atoms. The average molecular weight is 153 g/mol. The first-order chi connectivity index (χ1) is 3.92. The van der Waals surface area contributed by atoms with E-state index in [1.54, 1.807) is 0 Å². The Labute approximate surface area is 52.3 Å². The monoisotopic (exact) mass is 153 g/mol. The summed E-state index contributed by atoms with van der Waals surface area (Å²) < 4.78 is 14.3. The van der Waals surface area contributed by atoms with Gasteiger partial charge in [0.1, 0.15) is 0 Å². The molecule has 0 rings (SSSR count). The lowest BCUT2D eigenvalue weighted by atomic mass is 10.8. The lowest BCUT2D eigenvalue weighted by Crippen LogP contribution is -2.05.